The Balaban J connectivity index is 1.88. The maximum atomic E-state index is 13.7. The van der Waals surface area contributed by atoms with E-state index in [9.17, 15) is 22.4 Å². The number of benzene rings is 2. The first-order valence-electron chi connectivity index (χ1n) is 7.69. The predicted octanol–water partition coefficient (Wildman–Crippen LogP) is 2.33. The molecule has 0 saturated heterocycles. The van der Waals surface area contributed by atoms with E-state index in [0.717, 1.165) is 6.07 Å². The molecule has 0 unspecified atom stereocenters. The zero-order valence-electron chi connectivity index (χ0n) is 14.1. The van der Waals surface area contributed by atoms with Crippen LogP contribution in [0.4, 0.5) is 10.1 Å². The Morgan fingerprint density at radius 3 is 2.48 bits per heavy atom. The molecule has 0 aliphatic carbocycles. The molecular formula is C17H16ClFN2O5S. The molecule has 0 saturated carbocycles. The molecule has 0 fully saturated rings. The monoisotopic (exact) mass is 414 g/mol. The van der Waals surface area contributed by atoms with Gasteiger partial charge in [0.2, 0.25) is 10.0 Å². The fourth-order valence-corrected chi connectivity index (χ4v) is 3.10. The van der Waals surface area contributed by atoms with Gasteiger partial charge in [0.25, 0.3) is 5.91 Å². The normalized spacial score (nSPS) is 12.3. The SMILES string of the molecule is C[C@@H](OC(=O)CNS(=O)(=O)c1ccccc1)C(=O)Nc1ccc(Cl)cc1F. The number of sulfonamides is 1. The van der Waals surface area contributed by atoms with Gasteiger partial charge < -0.3 is 10.1 Å². The molecule has 0 bridgehead atoms. The van der Waals surface area contributed by atoms with E-state index in [-0.39, 0.29) is 15.6 Å². The van der Waals surface area contributed by atoms with Gasteiger partial charge in [-0.3, -0.25) is 9.59 Å². The molecule has 27 heavy (non-hydrogen) atoms. The predicted molar refractivity (Wildman–Crippen MR) is 97.2 cm³/mol. The maximum absolute atomic E-state index is 13.7. The molecule has 2 rings (SSSR count). The van der Waals surface area contributed by atoms with E-state index in [1.54, 1.807) is 6.07 Å². The van der Waals surface area contributed by atoms with Gasteiger partial charge in [-0.25, -0.2) is 12.8 Å². The van der Waals surface area contributed by atoms with Crippen LogP contribution in [0.3, 0.4) is 0 Å². The second-order valence-electron chi connectivity index (χ2n) is 5.38. The molecule has 7 nitrogen and oxygen atoms in total. The van der Waals surface area contributed by atoms with Crippen LogP contribution in [0.25, 0.3) is 0 Å². The Morgan fingerprint density at radius 2 is 1.85 bits per heavy atom. The number of carbonyl (C=O) groups excluding carboxylic acids is 2. The third kappa shape index (κ3) is 6.02. The molecule has 1 atom stereocenters. The Kier molecular flexibility index (Phi) is 6.89. The summed E-state index contributed by atoms with van der Waals surface area (Å²) in [6, 6.07) is 11.1. The van der Waals surface area contributed by atoms with Gasteiger partial charge in [-0.2, -0.15) is 4.72 Å². The highest BCUT2D eigenvalue weighted by Crippen LogP contribution is 2.19. The summed E-state index contributed by atoms with van der Waals surface area (Å²) >= 11 is 5.62. The zero-order valence-corrected chi connectivity index (χ0v) is 15.7. The number of amides is 1. The van der Waals surface area contributed by atoms with Crippen LogP contribution in [-0.2, 0) is 24.3 Å². The van der Waals surface area contributed by atoms with E-state index in [1.165, 1.54) is 43.3 Å². The lowest BCUT2D eigenvalue weighted by molar-refractivity contribution is -0.151. The molecule has 0 aliphatic rings. The Hall–Kier alpha value is -2.49. The zero-order chi connectivity index (χ0) is 20.0. The minimum absolute atomic E-state index is 0.0122. The van der Waals surface area contributed by atoms with E-state index in [0.29, 0.717) is 0 Å². The summed E-state index contributed by atoms with van der Waals surface area (Å²) in [5.74, 6) is -2.49. The van der Waals surface area contributed by atoms with Crippen molar-refractivity contribution in [2.75, 3.05) is 11.9 Å². The van der Waals surface area contributed by atoms with Crippen LogP contribution in [0.5, 0.6) is 0 Å². The first kappa shape index (κ1) is 20.8. The van der Waals surface area contributed by atoms with Crippen LogP contribution in [0.1, 0.15) is 6.92 Å². The highest BCUT2D eigenvalue weighted by molar-refractivity contribution is 7.89. The topological polar surface area (TPSA) is 102 Å². The van der Waals surface area contributed by atoms with Gasteiger partial charge in [-0.15, -0.1) is 0 Å². The third-order valence-electron chi connectivity index (χ3n) is 3.33. The number of halogens is 2. The number of rotatable bonds is 7. The lowest BCUT2D eigenvalue weighted by atomic mass is 10.3. The summed E-state index contributed by atoms with van der Waals surface area (Å²) in [5.41, 5.74) is -0.128. The molecule has 0 spiro atoms. The molecule has 144 valence electrons. The lowest BCUT2D eigenvalue weighted by Crippen LogP contribution is -2.36. The van der Waals surface area contributed by atoms with Crippen molar-refractivity contribution in [2.45, 2.75) is 17.9 Å². The van der Waals surface area contributed by atoms with E-state index in [4.69, 9.17) is 16.3 Å². The number of hydrogen-bond acceptors (Lipinski definition) is 5. The molecule has 10 heteroatoms. The minimum atomic E-state index is -3.88. The van der Waals surface area contributed by atoms with Crippen molar-refractivity contribution in [1.29, 1.82) is 0 Å². The molecule has 1 amide bonds. The Bertz CT molecular complexity index is 938. The number of carbonyl (C=O) groups is 2. The second kappa shape index (κ2) is 8.94. The molecule has 0 heterocycles. The second-order valence-corrected chi connectivity index (χ2v) is 7.59. The summed E-state index contributed by atoms with van der Waals surface area (Å²) in [4.78, 5) is 23.7. The number of anilines is 1. The van der Waals surface area contributed by atoms with Crippen molar-refractivity contribution in [1.82, 2.24) is 4.72 Å². The number of nitrogens with one attached hydrogen (secondary N) is 2. The first-order valence-corrected chi connectivity index (χ1v) is 9.55. The van der Waals surface area contributed by atoms with Gasteiger partial charge in [0.05, 0.1) is 10.6 Å². The summed E-state index contributed by atoms with van der Waals surface area (Å²) in [6.45, 7) is 0.608. The first-order chi connectivity index (χ1) is 12.7. The van der Waals surface area contributed by atoms with E-state index in [2.05, 4.69) is 10.0 Å². The van der Waals surface area contributed by atoms with Crippen LogP contribution in [0.15, 0.2) is 53.4 Å². The van der Waals surface area contributed by atoms with Crippen molar-refractivity contribution in [3.63, 3.8) is 0 Å². The quantitative estimate of drug-likeness (QED) is 0.677. The van der Waals surface area contributed by atoms with E-state index < -0.39 is 40.4 Å². The molecule has 0 aromatic heterocycles. The Labute approximate surface area is 160 Å². The van der Waals surface area contributed by atoms with Gasteiger partial charge in [-0.1, -0.05) is 29.8 Å². The number of hydrogen-bond donors (Lipinski definition) is 2. The van der Waals surface area contributed by atoms with Gasteiger partial charge in [-0.05, 0) is 37.3 Å². The molecule has 2 aromatic carbocycles. The smallest absolute Gasteiger partial charge is 0.321 e. The average Bonchev–Trinajstić information content (AvgIpc) is 2.63. The van der Waals surface area contributed by atoms with Crippen LogP contribution in [0.2, 0.25) is 5.02 Å². The largest absolute Gasteiger partial charge is 0.452 e. The molecular weight excluding hydrogens is 399 g/mol. The third-order valence-corrected chi connectivity index (χ3v) is 4.98. The van der Waals surface area contributed by atoms with Gasteiger partial charge in [0, 0.05) is 5.02 Å². The highest BCUT2D eigenvalue weighted by atomic mass is 35.5. The van der Waals surface area contributed by atoms with Crippen molar-refractivity contribution in [2.24, 2.45) is 0 Å². The van der Waals surface area contributed by atoms with Crippen LogP contribution >= 0.6 is 11.6 Å². The van der Waals surface area contributed by atoms with Crippen LogP contribution in [-0.4, -0.2) is 32.9 Å². The van der Waals surface area contributed by atoms with Gasteiger partial charge in [0.15, 0.2) is 6.10 Å². The molecule has 0 aliphatic heterocycles. The van der Waals surface area contributed by atoms with Crippen LogP contribution < -0.4 is 10.0 Å². The van der Waals surface area contributed by atoms with Crippen molar-refractivity contribution < 1.29 is 27.1 Å². The standard InChI is InChI=1S/C17H16ClFN2O5S/c1-11(17(23)21-15-8-7-12(18)9-14(15)19)26-16(22)10-20-27(24,25)13-5-3-2-4-6-13/h2-9,11,20H,10H2,1H3,(H,21,23)/t11-/m1/s1. The van der Waals surface area contributed by atoms with E-state index in [1.807, 2.05) is 0 Å². The summed E-state index contributed by atoms with van der Waals surface area (Å²) in [7, 11) is -3.88. The number of ether oxygens (including phenoxy) is 1. The maximum Gasteiger partial charge on any atom is 0.321 e. The fourth-order valence-electron chi connectivity index (χ4n) is 1.95. The minimum Gasteiger partial charge on any atom is -0.452 e. The summed E-state index contributed by atoms with van der Waals surface area (Å²) in [6.07, 6.45) is -1.27. The van der Waals surface area contributed by atoms with Crippen molar-refractivity contribution >= 4 is 39.2 Å². The highest BCUT2D eigenvalue weighted by Gasteiger charge is 2.21. The average molecular weight is 415 g/mol. The van der Waals surface area contributed by atoms with E-state index >= 15 is 0 Å². The van der Waals surface area contributed by atoms with Crippen molar-refractivity contribution in [3.8, 4) is 0 Å². The Morgan fingerprint density at radius 1 is 1.19 bits per heavy atom. The lowest BCUT2D eigenvalue weighted by Gasteiger charge is -2.14. The molecule has 2 aromatic rings. The summed E-state index contributed by atoms with van der Waals surface area (Å²) < 4.78 is 44.6. The van der Waals surface area contributed by atoms with Gasteiger partial charge in [0.1, 0.15) is 12.4 Å². The molecule has 0 radical (unpaired) electrons. The van der Waals surface area contributed by atoms with Crippen molar-refractivity contribution in [3.05, 3.63) is 59.4 Å². The summed E-state index contributed by atoms with van der Waals surface area (Å²) in [5, 5.41) is 2.41. The van der Waals surface area contributed by atoms with Crippen LogP contribution in [0, 0.1) is 5.82 Å². The fraction of sp³-hybridized carbons (Fsp3) is 0.176. The number of esters is 1. The van der Waals surface area contributed by atoms with Gasteiger partial charge >= 0.3 is 5.97 Å². The molecule has 2 N–H and O–H groups in total.